The van der Waals surface area contributed by atoms with Gasteiger partial charge in [-0.05, 0) is 221 Å². The number of fused-ring (bicyclic) bond motifs is 7. The first-order valence-corrected chi connectivity index (χ1v) is 39.8. The van der Waals surface area contributed by atoms with Crippen molar-refractivity contribution < 1.29 is 0 Å². The Morgan fingerprint density at radius 2 is 0.319 bits per heavy atom. The first-order chi connectivity index (χ1) is 57.5. The summed E-state index contributed by atoms with van der Waals surface area (Å²) in [6.45, 7) is 0. The van der Waals surface area contributed by atoms with Crippen molar-refractivity contribution >= 4 is 88.5 Å². The van der Waals surface area contributed by atoms with E-state index in [1.165, 1.54) is 143 Å². The van der Waals surface area contributed by atoms with Crippen molar-refractivity contribution in [2.24, 2.45) is 0 Å². The highest BCUT2D eigenvalue weighted by Gasteiger charge is 2.20. The Hall–Kier alpha value is -15.4. The van der Waals surface area contributed by atoms with Crippen LogP contribution in [0, 0.1) is 0 Å². The van der Waals surface area contributed by atoms with Crippen LogP contribution in [0.5, 0.6) is 0 Å². The van der Waals surface area contributed by atoms with Crippen LogP contribution in [-0.2, 0) is 0 Å². The standard InChI is InChI=1S/C58H40N2.C54H38N2/c1-2-11-41(12-3-1)42-21-23-43(24-22-42)45-29-33-49(34-30-45)59(51-37-39-52(40-38-51)60-57-19-8-6-16-55(57)56-17-7-9-20-58(56)60)50-35-31-46(32-36-50)44-25-27-48(28-26-44)54-18-10-14-47-13-4-5-15-53(47)54;1-3-11-39(12-4-1)41-19-23-43(24-20-41)45-27-31-47(32-28-45)55(48-33-29-46(30-34-48)44-25-21-42(22-26-44)40-13-5-2-6-14-40)49-35-37-50(38-36-49)56-53-17-9-7-15-51(53)52-16-8-10-18-54(52)56/h1-40H;1-38H. The van der Waals surface area contributed by atoms with Gasteiger partial charge in [0.15, 0.2) is 0 Å². The van der Waals surface area contributed by atoms with Gasteiger partial charge in [-0.1, -0.05) is 352 Å². The minimum Gasteiger partial charge on any atom is -0.311 e. The van der Waals surface area contributed by atoms with Crippen LogP contribution in [0.25, 0.3) is 155 Å². The molecule has 21 rings (SSSR count). The fourth-order valence-electron chi connectivity index (χ4n) is 16.8. The summed E-state index contributed by atoms with van der Waals surface area (Å²) in [5, 5.41) is 7.58. The number of rotatable bonds is 16. The van der Waals surface area contributed by atoms with E-state index < -0.39 is 0 Å². The van der Waals surface area contributed by atoms with Crippen LogP contribution >= 0.6 is 0 Å². The molecule has 116 heavy (non-hydrogen) atoms. The Kier molecular flexibility index (Phi) is 18.7. The molecular formula is C112H78N4. The first kappa shape index (κ1) is 69.8. The van der Waals surface area contributed by atoms with Gasteiger partial charge in [0.1, 0.15) is 0 Å². The van der Waals surface area contributed by atoms with Gasteiger partial charge in [-0.25, -0.2) is 0 Å². The molecule has 19 aromatic carbocycles. The smallest absolute Gasteiger partial charge is 0.0541 e. The summed E-state index contributed by atoms with van der Waals surface area (Å²) in [7, 11) is 0. The normalized spacial score (nSPS) is 11.3. The van der Waals surface area contributed by atoms with Gasteiger partial charge in [0.2, 0.25) is 0 Å². The van der Waals surface area contributed by atoms with E-state index in [1.54, 1.807) is 0 Å². The zero-order valence-corrected chi connectivity index (χ0v) is 63.8. The highest BCUT2D eigenvalue weighted by Crippen LogP contribution is 2.43. The van der Waals surface area contributed by atoms with E-state index >= 15 is 0 Å². The largest absolute Gasteiger partial charge is 0.311 e. The van der Waals surface area contributed by atoms with E-state index in [0.717, 1.165) is 45.5 Å². The third-order valence-corrected chi connectivity index (χ3v) is 22.7. The molecule has 2 heterocycles. The molecule has 0 aliphatic carbocycles. The third kappa shape index (κ3) is 13.7. The monoisotopic (exact) mass is 1480 g/mol. The number of anilines is 6. The lowest BCUT2D eigenvalue weighted by molar-refractivity contribution is 1.17. The van der Waals surface area contributed by atoms with Crippen molar-refractivity contribution in [1.29, 1.82) is 0 Å². The first-order valence-electron chi connectivity index (χ1n) is 39.8. The predicted molar refractivity (Wildman–Crippen MR) is 492 cm³/mol. The number of benzene rings is 19. The molecular weight excluding hydrogens is 1400 g/mol. The molecule has 0 saturated carbocycles. The quantitative estimate of drug-likeness (QED) is 0.0959. The second kappa shape index (κ2) is 31.1. The number of aromatic nitrogens is 2. The molecule has 0 saturated heterocycles. The highest BCUT2D eigenvalue weighted by molar-refractivity contribution is 6.10. The molecule has 546 valence electrons. The second-order valence-electron chi connectivity index (χ2n) is 29.6. The molecule has 0 radical (unpaired) electrons. The molecule has 0 bridgehead atoms. The fraction of sp³-hybridized carbons (Fsp3) is 0. The van der Waals surface area contributed by atoms with Crippen molar-refractivity contribution in [3.05, 3.63) is 473 Å². The summed E-state index contributed by atoms with van der Waals surface area (Å²) in [6.07, 6.45) is 0. The van der Waals surface area contributed by atoms with Gasteiger partial charge in [0.05, 0.1) is 22.1 Å². The number of hydrogen-bond acceptors (Lipinski definition) is 2. The van der Waals surface area contributed by atoms with Crippen molar-refractivity contribution in [2.75, 3.05) is 9.80 Å². The average molecular weight is 1480 g/mol. The van der Waals surface area contributed by atoms with Gasteiger partial charge in [0, 0.05) is 67.0 Å². The van der Waals surface area contributed by atoms with E-state index in [2.05, 4.69) is 492 Å². The molecule has 0 unspecified atom stereocenters. The zero-order valence-electron chi connectivity index (χ0n) is 63.8. The van der Waals surface area contributed by atoms with Crippen molar-refractivity contribution in [3.63, 3.8) is 0 Å². The van der Waals surface area contributed by atoms with Gasteiger partial charge >= 0.3 is 0 Å². The molecule has 4 nitrogen and oxygen atoms in total. The minimum absolute atomic E-state index is 1.09. The summed E-state index contributed by atoms with van der Waals surface area (Å²) in [6, 6.07) is 171. The molecule has 0 aliphatic rings. The van der Waals surface area contributed by atoms with Crippen LogP contribution in [0.2, 0.25) is 0 Å². The molecule has 0 fully saturated rings. The lowest BCUT2D eigenvalue weighted by Crippen LogP contribution is -2.10. The van der Waals surface area contributed by atoms with Crippen LogP contribution in [0.15, 0.2) is 473 Å². The minimum atomic E-state index is 1.09. The van der Waals surface area contributed by atoms with Crippen molar-refractivity contribution in [2.45, 2.75) is 0 Å². The fourth-order valence-corrected chi connectivity index (χ4v) is 16.8. The maximum atomic E-state index is 2.37. The molecule has 0 spiro atoms. The zero-order chi connectivity index (χ0) is 77.1. The average Bonchev–Trinajstić information content (AvgIpc) is 1.67. The van der Waals surface area contributed by atoms with Crippen LogP contribution < -0.4 is 9.80 Å². The highest BCUT2D eigenvalue weighted by atomic mass is 15.1. The number of hydrogen-bond donors (Lipinski definition) is 0. The number of nitrogens with zero attached hydrogens (tertiary/aromatic N) is 4. The van der Waals surface area contributed by atoms with Gasteiger partial charge in [-0.2, -0.15) is 0 Å². The molecule has 2 aromatic heterocycles. The molecule has 4 heteroatoms. The maximum absolute atomic E-state index is 2.37. The summed E-state index contributed by atoms with van der Waals surface area (Å²) in [4.78, 5) is 4.70. The lowest BCUT2D eigenvalue weighted by Gasteiger charge is -2.26. The van der Waals surface area contributed by atoms with Crippen molar-refractivity contribution in [1.82, 2.24) is 9.13 Å². The lowest BCUT2D eigenvalue weighted by atomic mass is 9.96. The Morgan fingerprint density at radius 3 is 0.586 bits per heavy atom. The summed E-state index contributed by atoms with van der Waals surface area (Å²) >= 11 is 0. The van der Waals surface area contributed by atoms with Gasteiger partial charge in [0.25, 0.3) is 0 Å². The van der Waals surface area contributed by atoms with Crippen LogP contribution in [0.4, 0.5) is 34.1 Å². The van der Waals surface area contributed by atoms with E-state index in [9.17, 15) is 0 Å². The van der Waals surface area contributed by atoms with E-state index in [0.29, 0.717) is 0 Å². The van der Waals surface area contributed by atoms with Crippen LogP contribution in [0.3, 0.4) is 0 Å². The molecule has 0 amide bonds. The van der Waals surface area contributed by atoms with E-state index in [1.807, 2.05) is 0 Å². The van der Waals surface area contributed by atoms with Crippen LogP contribution in [0.1, 0.15) is 0 Å². The Bertz CT molecular complexity index is 6760. The van der Waals surface area contributed by atoms with Crippen molar-refractivity contribution in [3.8, 4) is 100 Å². The summed E-state index contributed by atoms with van der Waals surface area (Å²) in [5.74, 6) is 0. The molecule has 21 aromatic rings. The predicted octanol–water partition coefficient (Wildman–Crippen LogP) is 31.0. The molecule has 0 atom stereocenters. The third-order valence-electron chi connectivity index (χ3n) is 22.7. The maximum Gasteiger partial charge on any atom is 0.0541 e. The van der Waals surface area contributed by atoms with Gasteiger partial charge in [-0.15, -0.1) is 0 Å². The molecule has 0 N–H and O–H groups in total. The van der Waals surface area contributed by atoms with Crippen LogP contribution in [-0.4, -0.2) is 9.13 Å². The topological polar surface area (TPSA) is 16.3 Å². The van der Waals surface area contributed by atoms with Gasteiger partial charge < -0.3 is 18.9 Å². The Morgan fingerprint density at radius 1 is 0.129 bits per heavy atom. The van der Waals surface area contributed by atoms with E-state index in [-0.39, 0.29) is 0 Å². The van der Waals surface area contributed by atoms with E-state index in [4.69, 9.17) is 0 Å². The Labute approximate surface area is 676 Å². The summed E-state index contributed by atoms with van der Waals surface area (Å²) in [5.41, 5.74) is 33.0. The SMILES string of the molecule is c1ccc(-c2ccc(-c3ccc(N(c4ccc(-c5ccc(-c6cccc7ccccc67)cc5)cc4)c4ccc(-n5c6ccccc6c6ccccc65)cc4)cc3)cc2)cc1.c1ccc(-c2ccc(-c3ccc(N(c4ccc(-c5ccc(-c6ccccc6)cc5)cc4)c4ccc(-n5c6ccccc6c6ccccc65)cc4)cc3)cc2)cc1. The van der Waals surface area contributed by atoms with Gasteiger partial charge in [-0.3, -0.25) is 0 Å². The molecule has 0 aliphatic heterocycles. The number of para-hydroxylation sites is 4. The Balaban J connectivity index is 0.000000150. The second-order valence-corrected chi connectivity index (χ2v) is 29.6. The summed E-state index contributed by atoms with van der Waals surface area (Å²) < 4.78 is 4.74.